The van der Waals surface area contributed by atoms with Crippen LogP contribution in [0.25, 0.3) is 22.0 Å². The van der Waals surface area contributed by atoms with Crippen molar-refractivity contribution in [2.24, 2.45) is 0 Å². The predicted molar refractivity (Wildman–Crippen MR) is 121 cm³/mol. The topological polar surface area (TPSA) is 91.4 Å². The van der Waals surface area contributed by atoms with Gasteiger partial charge in [-0.1, -0.05) is 23.7 Å². The summed E-state index contributed by atoms with van der Waals surface area (Å²) in [7, 11) is 3.39. The number of aromatic nitrogens is 2. The third-order valence-electron chi connectivity index (χ3n) is 5.25. The normalized spacial score (nSPS) is 13.9. The van der Waals surface area contributed by atoms with E-state index in [1.54, 1.807) is 20.5 Å². The largest absolute Gasteiger partial charge is 0.494 e. The maximum atomic E-state index is 11.2. The van der Waals surface area contributed by atoms with Gasteiger partial charge >= 0.3 is 0 Å². The highest BCUT2D eigenvalue weighted by Gasteiger charge is 2.23. The molecule has 0 radical (unpaired) electrons. The molecule has 8 nitrogen and oxygen atoms in total. The Hall–Kier alpha value is -3.10. The van der Waals surface area contributed by atoms with Gasteiger partial charge in [0.15, 0.2) is 5.75 Å². The lowest BCUT2D eigenvalue weighted by molar-refractivity contribution is -0.105. The molecular weight excluding hydrogens is 404 g/mol. The van der Waals surface area contributed by atoms with E-state index in [4.69, 9.17) is 16.3 Å². The fraction of sp³-hybridized carbons (Fsp3) is 0.286. The number of amides is 1. The molecule has 0 bridgehead atoms. The monoisotopic (exact) mass is 426 g/mol. The Bertz CT molecular complexity index is 1080. The minimum absolute atomic E-state index is 0.443. The number of fused-ring (bicyclic) bond motifs is 1. The van der Waals surface area contributed by atoms with Gasteiger partial charge in [0, 0.05) is 44.4 Å². The van der Waals surface area contributed by atoms with Crippen LogP contribution in [-0.4, -0.2) is 56.7 Å². The summed E-state index contributed by atoms with van der Waals surface area (Å²) in [5.41, 5.74) is 3.62. The Kier molecular flexibility index (Phi) is 5.87. The van der Waals surface area contributed by atoms with Crippen molar-refractivity contribution < 1.29 is 9.53 Å². The second kappa shape index (κ2) is 8.73. The lowest BCUT2D eigenvalue weighted by atomic mass is 9.99. The summed E-state index contributed by atoms with van der Waals surface area (Å²) in [5, 5.41) is 10.4. The van der Waals surface area contributed by atoms with E-state index in [-0.39, 0.29) is 0 Å². The van der Waals surface area contributed by atoms with Gasteiger partial charge in [-0.15, -0.1) is 0 Å². The van der Waals surface area contributed by atoms with Crippen LogP contribution in [0.1, 0.15) is 0 Å². The van der Waals surface area contributed by atoms with Gasteiger partial charge in [-0.3, -0.25) is 4.79 Å². The molecule has 1 fully saturated rings. The highest BCUT2D eigenvalue weighted by molar-refractivity contribution is 6.36. The number of carbonyl (C=O) groups excluding carboxylic acids is 1. The van der Waals surface area contributed by atoms with Crippen LogP contribution in [0, 0.1) is 0 Å². The van der Waals surface area contributed by atoms with Gasteiger partial charge in [0.05, 0.1) is 34.4 Å². The number of hydrogen-bond acceptors (Lipinski definition) is 7. The van der Waals surface area contributed by atoms with E-state index in [1.165, 1.54) is 0 Å². The molecule has 0 aliphatic carbocycles. The second-order valence-electron chi connectivity index (χ2n) is 6.84. The third kappa shape index (κ3) is 3.48. The Morgan fingerprint density at radius 3 is 2.73 bits per heavy atom. The molecule has 0 spiro atoms. The maximum absolute atomic E-state index is 11.2. The minimum atomic E-state index is 0.443. The van der Waals surface area contributed by atoms with Crippen molar-refractivity contribution in [3.8, 4) is 16.9 Å². The molecule has 1 saturated heterocycles. The predicted octanol–water partition coefficient (Wildman–Crippen LogP) is 2.98. The summed E-state index contributed by atoms with van der Waals surface area (Å²) in [6.07, 6.45) is 2.21. The SMILES string of the molecule is CNc1cccc(-c2cc3ncnc(N4CCNCC4)c3c(OC)c2Cl)c1NC=O. The van der Waals surface area contributed by atoms with Crippen LogP contribution in [0.2, 0.25) is 5.02 Å². The first-order valence-electron chi connectivity index (χ1n) is 9.67. The van der Waals surface area contributed by atoms with Crippen molar-refractivity contribution in [3.05, 3.63) is 35.6 Å². The zero-order chi connectivity index (χ0) is 21.1. The van der Waals surface area contributed by atoms with Crippen LogP contribution in [-0.2, 0) is 4.79 Å². The van der Waals surface area contributed by atoms with Gasteiger partial charge in [0.25, 0.3) is 0 Å². The molecule has 0 atom stereocenters. The molecule has 4 rings (SSSR count). The van der Waals surface area contributed by atoms with Crippen LogP contribution < -0.4 is 25.6 Å². The Morgan fingerprint density at radius 2 is 2.03 bits per heavy atom. The Balaban J connectivity index is 1.96. The number of halogens is 1. The number of nitrogens with zero attached hydrogens (tertiary/aromatic N) is 3. The first-order valence-corrected chi connectivity index (χ1v) is 10.1. The van der Waals surface area contributed by atoms with Gasteiger partial charge < -0.3 is 25.6 Å². The fourth-order valence-corrected chi connectivity index (χ4v) is 4.18. The molecule has 0 unspecified atom stereocenters. The van der Waals surface area contributed by atoms with Crippen molar-refractivity contribution in [1.29, 1.82) is 0 Å². The molecule has 0 saturated carbocycles. The molecule has 3 N–H and O–H groups in total. The van der Waals surface area contributed by atoms with E-state index in [0.29, 0.717) is 28.4 Å². The van der Waals surface area contributed by atoms with Gasteiger partial charge in [-0.25, -0.2) is 9.97 Å². The summed E-state index contributed by atoms with van der Waals surface area (Å²) >= 11 is 6.85. The van der Waals surface area contributed by atoms with Crippen molar-refractivity contribution in [2.75, 3.05) is 55.9 Å². The highest BCUT2D eigenvalue weighted by atomic mass is 35.5. The average Bonchev–Trinajstić information content (AvgIpc) is 2.79. The van der Waals surface area contributed by atoms with Crippen molar-refractivity contribution >= 4 is 46.1 Å². The first-order chi connectivity index (χ1) is 14.7. The van der Waals surface area contributed by atoms with E-state index < -0.39 is 0 Å². The average molecular weight is 427 g/mol. The number of para-hydroxylation sites is 1. The number of methoxy groups -OCH3 is 1. The molecule has 1 aromatic heterocycles. The summed E-state index contributed by atoms with van der Waals surface area (Å²) in [4.78, 5) is 22.5. The lowest BCUT2D eigenvalue weighted by Crippen LogP contribution is -2.44. The molecule has 1 aliphatic rings. The summed E-state index contributed by atoms with van der Waals surface area (Å²) in [5.74, 6) is 1.33. The number of rotatable bonds is 6. The molecule has 2 heterocycles. The van der Waals surface area contributed by atoms with E-state index >= 15 is 0 Å². The zero-order valence-corrected chi connectivity index (χ0v) is 17.6. The molecule has 2 aromatic carbocycles. The minimum Gasteiger partial charge on any atom is -0.494 e. The second-order valence-corrected chi connectivity index (χ2v) is 7.22. The van der Waals surface area contributed by atoms with Crippen LogP contribution in [0.15, 0.2) is 30.6 Å². The van der Waals surface area contributed by atoms with E-state index in [1.807, 2.05) is 24.3 Å². The number of carbonyl (C=O) groups is 1. The highest BCUT2D eigenvalue weighted by Crippen LogP contribution is 2.46. The van der Waals surface area contributed by atoms with E-state index in [0.717, 1.165) is 54.2 Å². The smallest absolute Gasteiger partial charge is 0.211 e. The summed E-state index contributed by atoms with van der Waals surface area (Å²) in [6, 6.07) is 7.60. The van der Waals surface area contributed by atoms with E-state index in [2.05, 4.69) is 30.8 Å². The maximum Gasteiger partial charge on any atom is 0.211 e. The fourth-order valence-electron chi connectivity index (χ4n) is 3.85. The zero-order valence-electron chi connectivity index (χ0n) is 16.8. The molecule has 1 aliphatic heterocycles. The lowest BCUT2D eigenvalue weighted by Gasteiger charge is -2.29. The number of piperazine rings is 1. The molecular formula is C21H23ClN6O2. The third-order valence-corrected chi connectivity index (χ3v) is 5.62. The molecule has 3 aromatic rings. The Labute approximate surface area is 179 Å². The molecule has 9 heteroatoms. The number of hydrogen-bond donors (Lipinski definition) is 3. The van der Waals surface area contributed by atoms with Gasteiger partial charge in [0.2, 0.25) is 6.41 Å². The van der Waals surface area contributed by atoms with Crippen LogP contribution in [0.4, 0.5) is 17.2 Å². The standard InChI is InChI=1S/C21H23ClN6O2/c1-23-15-5-3-4-13(19(15)27-12-29)14-10-16-17(20(30-2)18(14)22)21(26-11-25-16)28-8-6-24-7-9-28/h3-5,10-12,23-24H,6-9H2,1-2H3,(H,27,29). The number of ether oxygens (including phenoxy) is 1. The number of nitrogens with one attached hydrogen (secondary N) is 3. The van der Waals surface area contributed by atoms with E-state index in [9.17, 15) is 4.79 Å². The van der Waals surface area contributed by atoms with Crippen LogP contribution in [0.5, 0.6) is 5.75 Å². The van der Waals surface area contributed by atoms with Crippen LogP contribution >= 0.6 is 11.6 Å². The molecule has 156 valence electrons. The van der Waals surface area contributed by atoms with Crippen molar-refractivity contribution in [1.82, 2.24) is 15.3 Å². The van der Waals surface area contributed by atoms with Gasteiger partial charge in [-0.2, -0.15) is 0 Å². The number of benzene rings is 2. The van der Waals surface area contributed by atoms with Crippen molar-refractivity contribution in [3.63, 3.8) is 0 Å². The van der Waals surface area contributed by atoms with Gasteiger partial charge in [0.1, 0.15) is 12.1 Å². The molecule has 1 amide bonds. The summed E-state index contributed by atoms with van der Waals surface area (Å²) < 4.78 is 5.75. The number of anilines is 3. The quantitative estimate of drug-likeness (QED) is 0.522. The molecule has 30 heavy (non-hydrogen) atoms. The van der Waals surface area contributed by atoms with Gasteiger partial charge in [-0.05, 0) is 12.1 Å². The van der Waals surface area contributed by atoms with Crippen molar-refractivity contribution in [2.45, 2.75) is 0 Å². The summed E-state index contributed by atoms with van der Waals surface area (Å²) in [6.45, 7) is 3.45. The van der Waals surface area contributed by atoms with Crippen LogP contribution in [0.3, 0.4) is 0 Å². The Morgan fingerprint density at radius 1 is 1.23 bits per heavy atom. The first kappa shape index (κ1) is 20.2.